The molecule has 0 fully saturated rings. The fraction of sp³-hybridized carbons (Fsp3) is 0.294. The lowest BCUT2D eigenvalue weighted by atomic mass is 9.98. The first-order valence-electron chi connectivity index (χ1n) is 6.84. The molecule has 0 atom stereocenters. The molecule has 0 amide bonds. The molecule has 2 aliphatic heterocycles. The lowest BCUT2D eigenvalue weighted by Crippen LogP contribution is -1.97. The van der Waals surface area contributed by atoms with Crippen LogP contribution in [-0.4, -0.2) is 0 Å². The van der Waals surface area contributed by atoms with Crippen molar-refractivity contribution in [2.45, 2.75) is 31.8 Å². The van der Waals surface area contributed by atoms with Gasteiger partial charge in [0.05, 0.1) is 31.8 Å². The van der Waals surface area contributed by atoms with Crippen LogP contribution in [0.3, 0.4) is 0 Å². The van der Waals surface area contributed by atoms with Crippen molar-refractivity contribution in [1.82, 2.24) is 0 Å². The van der Waals surface area contributed by atoms with E-state index in [1.807, 2.05) is 0 Å². The SMILES string of the molecule is ClC(c1ccc2c(c1)COC2)c1ccc2c(c1)COC2. The topological polar surface area (TPSA) is 18.5 Å². The van der Waals surface area contributed by atoms with Crippen LogP contribution in [0.1, 0.15) is 38.8 Å². The number of halogens is 1. The average molecular weight is 287 g/mol. The third-order valence-corrected chi connectivity index (χ3v) is 4.58. The van der Waals surface area contributed by atoms with Gasteiger partial charge in [-0.15, -0.1) is 11.6 Å². The third kappa shape index (κ3) is 2.05. The van der Waals surface area contributed by atoms with E-state index in [1.54, 1.807) is 0 Å². The minimum Gasteiger partial charge on any atom is -0.372 e. The van der Waals surface area contributed by atoms with E-state index in [9.17, 15) is 0 Å². The second-order valence-corrected chi connectivity index (χ2v) is 5.84. The van der Waals surface area contributed by atoms with E-state index in [2.05, 4.69) is 36.4 Å². The van der Waals surface area contributed by atoms with Crippen molar-refractivity contribution in [3.8, 4) is 0 Å². The zero-order valence-electron chi connectivity index (χ0n) is 11.1. The minimum absolute atomic E-state index is 0.119. The Morgan fingerprint density at radius 1 is 0.700 bits per heavy atom. The Morgan fingerprint density at radius 3 is 1.65 bits per heavy atom. The Kier molecular flexibility index (Phi) is 3.03. The van der Waals surface area contributed by atoms with Gasteiger partial charge in [-0.1, -0.05) is 36.4 Å². The Hall–Kier alpha value is -1.35. The van der Waals surface area contributed by atoms with Gasteiger partial charge in [0.1, 0.15) is 0 Å². The third-order valence-electron chi connectivity index (χ3n) is 4.08. The molecule has 20 heavy (non-hydrogen) atoms. The summed E-state index contributed by atoms with van der Waals surface area (Å²) < 4.78 is 10.9. The van der Waals surface area contributed by atoms with Crippen molar-refractivity contribution in [2.24, 2.45) is 0 Å². The molecule has 2 heterocycles. The van der Waals surface area contributed by atoms with Crippen molar-refractivity contribution >= 4 is 11.6 Å². The van der Waals surface area contributed by atoms with Gasteiger partial charge in [0, 0.05) is 0 Å². The molecular weight excluding hydrogens is 272 g/mol. The normalized spacial score (nSPS) is 16.5. The molecule has 0 saturated carbocycles. The minimum atomic E-state index is -0.119. The molecule has 2 aromatic rings. The van der Waals surface area contributed by atoms with Crippen LogP contribution >= 0.6 is 11.6 Å². The number of fused-ring (bicyclic) bond motifs is 2. The van der Waals surface area contributed by atoms with Gasteiger partial charge in [-0.3, -0.25) is 0 Å². The zero-order valence-corrected chi connectivity index (χ0v) is 11.8. The summed E-state index contributed by atoms with van der Waals surface area (Å²) in [5.41, 5.74) is 7.35. The summed E-state index contributed by atoms with van der Waals surface area (Å²) in [6, 6.07) is 12.8. The first-order chi connectivity index (χ1) is 9.81. The number of ether oxygens (including phenoxy) is 2. The molecule has 0 bridgehead atoms. The summed E-state index contributed by atoms with van der Waals surface area (Å²) >= 11 is 6.65. The fourth-order valence-corrected chi connectivity index (χ4v) is 3.16. The van der Waals surface area contributed by atoms with E-state index < -0.39 is 0 Å². The molecule has 0 aromatic heterocycles. The summed E-state index contributed by atoms with van der Waals surface area (Å²) in [6.07, 6.45) is 0. The smallest absolute Gasteiger partial charge is 0.0835 e. The Morgan fingerprint density at radius 2 is 1.15 bits per heavy atom. The number of alkyl halides is 1. The largest absolute Gasteiger partial charge is 0.372 e. The van der Waals surface area contributed by atoms with Crippen LogP contribution in [-0.2, 0) is 35.9 Å². The summed E-state index contributed by atoms with van der Waals surface area (Å²) in [5, 5.41) is -0.119. The van der Waals surface area contributed by atoms with Crippen LogP contribution in [0.2, 0.25) is 0 Å². The van der Waals surface area contributed by atoms with Crippen molar-refractivity contribution in [2.75, 3.05) is 0 Å². The van der Waals surface area contributed by atoms with E-state index in [0.717, 1.165) is 24.3 Å². The molecule has 2 nitrogen and oxygen atoms in total. The molecule has 3 heteroatoms. The predicted octanol–water partition coefficient (Wildman–Crippen LogP) is 4.08. The van der Waals surface area contributed by atoms with Crippen LogP contribution in [0.5, 0.6) is 0 Å². The molecule has 0 aliphatic carbocycles. The second kappa shape index (κ2) is 4.88. The van der Waals surface area contributed by atoms with Gasteiger partial charge in [-0.25, -0.2) is 0 Å². The molecule has 0 saturated heterocycles. The highest BCUT2D eigenvalue weighted by molar-refractivity contribution is 6.22. The van der Waals surface area contributed by atoms with E-state index in [-0.39, 0.29) is 5.38 Å². The van der Waals surface area contributed by atoms with Gasteiger partial charge < -0.3 is 9.47 Å². The van der Waals surface area contributed by atoms with Gasteiger partial charge in [0.2, 0.25) is 0 Å². The van der Waals surface area contributed by atoms with Gasteiger partial charge in [-0.05, 0) is 33.4 Å². The standard InChI is InChI=1S/C17H15ClO2/c18-17(11-1-3-13-7-19-9-15(13)5-11)12-2-4-14-8-20-10-16(14)6-12/h1-6,17H,7-10H2. The summed E-state index contributed by atoms with van der Waals surface area (Å²) in [7, 11) is 0. The molecule has 4 rings (SSSR count). The van der Waals surface area contributed by atoms with E-state index in [1.165, 1.54) is 22.3 Å². The van der Waals surface area contributed by atoms with Crippen molar-refractivity contribution < 1.29 is 9.47 Å². The van der Waals surface area contributed by atoms with Crippen LogP contribution in [0.4, 0.5) is 0 Å². The second-order valence-electron chi connectivity index (χ2n) is 5.40. The number of rotatable bonds is 2. The Labute approximate surface area is 123 Å². The van der Waals surface area contributed by atoms with Gasteiger partial charge in [0.25, 0.3) is 0 Å². The van der Waals surface area contributed by atoms with Gasteiger partial charge in [0.15, 0.2) is 0 Å². The van der Waals surface area contributed by atoms with E-state index >= 15 is 0 Å². The van der Waals surface area contributed by atoms with Crippen molar-refractivity contribution in [3.05, 3.63) is 69.8 Å². The van der Waals surface area contributed by atoms with Crippen LogP contribution in [0, 0.1) is 0 Å². The summed E-state index contributed by atoms with van der Waals surface area (Å²) in [4.78, 5) is 0. The quantitative estimate of drug-likeness (QED) is 0.775. The highest BCUT2D eigenvalue weighted by Crippen LogP contribution is 2.34. The molecule has 2 aromatic carbocycles. The lowest BCUT2D eigenvalue weighted by Gasteiger charge is -2.13. The number of benzene rings is 2. The predicted molar refractivity (Wildman–Crippen MR) is 77.6 cm³/mol. The van der Waals surface area contributed by atoms with Gasteiger partial charge in [-0.2, -0.15) is 0 Å². The fourth-order valence-electron chi connectivity index (χ4n) is 2.89. The highest BCUT2D eigenvalue weighted by atomic mass is 35.5. The highest BCUT2D eigenvalue weighted by Gasteiger charge is 2.18. The molecular formula is C17H15ClO2. The van der Waals surface area contributed by atoms with Crippen LogP contribution in [0.25, 0.3) is 0 Å². The Bertz CT molecular complexity index is 609. The molecule has 0 radical (unpaired) electrons. The van der Waals surface area contributed by atoms with E-state index in [0.29, 0.717) is 13.2 Å². The number of hydrogen-bond donors (Lipinski definition) is 0. The molecule has 0 N–H and O–H groups in total. The maximum Gasteiger partial charge on any atom is 0.0835 e. The first kappa shape index (κ1) is 12.4. The maximum atomic E-state index is 6.65. The average Bonchev–Trinajstić information content (AvgIpc) is 3.13. The zero-order chi connectivity index (χ0) is 13.5. The molecule has 0 unspecified atom stereocenters. The van der Waals surface area contributed by atoms with Crippen LogP contribution in [0.15, 0.2) is 36.4 Å². The monoisotopic (exact) mass is 286 g/mol. The lowest BCUT2D eigenvalue weighted by molar-refractivity contribution is 0.134. The van der Waals surface area contributed by atoms with Crippen LogP contribution < -0.4 is 0 Å². The molecule has 102 valence electrons. The maximum absolute atomic E-state index is 6.65. The van der Waals surface area contributed by atoms with Crippen molar-refractivity contribution in [3.63, 3.8) is 0 Å². The summed E-state index contributed by atoms with van der Waals surface area (Å²) in [5.74, 6) is 0. The van der Waals surface area contributed by atoms with Gasteiger partial charge >= 0.3 is 0 Å². The van der Waals surface area contributed by atoms with Crippen molar-refractivity contribution in [1.29, 1.82) is 0 Å². The Balaban J connectivity index is 1.68. The summed E-state index contributed by atoms with van der Waals surface area (Å²) in [6.45, 7) is 2.84. The molecule has 0 spiro atoms. The first-order valence-corrected chi connectivity index (χ1v) is 7.28. The number of hydrogen-bond acceptors (Lipinski definition) is 2. The molecule has 2 aliphatic rings. The van der Waals surface area contributed by atoms with E-state index in [4.69, 9.17) is 21.1 Å².